The highest BCUT2D eigenvalue weighted by molar-refractivity contribution is 5.08. The molecule has 1 rings (SSSR count). The Morgan fingerprint density at radius 2 is 2.13 bits per heavy atom. The number of hydrogen-bond acceptors (Lipinski definition) is 3. The van der Waals surface area contributed by atoms with E-state index < -0.39 is 0 Å². The summed E-state index contributed by atoms with van der Waals surface area (Å²) < 4.78 is 4.99. The van der Waals surface area contributed by atoms with Gasteiger partial charge in [0.15, 0.2) is 0 Å². The zero-order valence-electron chi connectivity index (χ0n) is 9.88. The van der Waals surface area contributed by atoms with Crippen LogP contribution in [0.3, 0.4) is 0 Å². The first kappa shape index (κ1) is 12.5. The predicted molar refractivity (Wildman–Crippen MR) is 60.5 cm³/mol. The summed E-state index contributed by atoms with van der Waals surface area (Å²) in [5, 5.41) is 12.6. The maximum Gasteiger partial charge on any atom is 0.106 e. The molecule has 0 unspecified atom stereocenters. The lowest BCUT2D eigenvalue weighted by atomic mass is 9.78. The van der Waals surface area contributed by atoms with Crippen molar-refractivity contribution in [1.29, 1.82) is 5.26 Å². The van der Waals surface area contributed by atoms with Gasteiger partial charge >= 0.3 is 0 Å². The molecule has 1 aliphatic rings. The molecular formula is C12H22N2O. The first-order chi connectivity index (χ1) is 7.22. The molecule has 0 aromatic carbocycles. The monoisotopic (exact) mass is 210 g/mol. The SMILES string of the molecule is COCCCNC1(C#N)CCC(C)CC1. The molecule has 0 saturated heterocycles. The quantitative estimate of drug-likeness (QED) is 0.707. The Morgan fingerprint density at radius 1 is 1.47 bits per heavy atom. The molecule has 3 nitrogen and oxygen atoms in total. The summed E-state index contributed by atoms with van der Waals surface area (Å²) in [6.45, 7) is 3.92. The maximum atomic E-state index is 9.24. The smallest absolute Gasteiger partial charge is 0.106 e. The third-order valence-corrected chi connectivity index (χ3v) is 3.33. The molecule has 15 heavy (non-hydrogen) atoms. The van der Waals surface area contributed by atoms with E-state index in [-0.39, 0.29) is 5.54 Å². The minimum Gasteiger partial charge on any atom is -0.385 e. The fourth-order valence-corrected chi connectivity index (χ4v) is 2.13. The highest BCUT2D eigenvalue weighted by Crippen LogP contribution is 2.31. The van der Waals surface area contributed by atoms with E-state index in [1.807, 2.05) is 0 Å². The molecule has 0 aromatic rings. The number of rotatable bonds is 5. The van der Waals surface area contributed by atoms with Gasteiger partial charge in [-0.25, -0.2) is 0 Å². The first-order valence-corrected chi connectivity index (χ1v) is 5.88. The van der Waals surface area contributed by atoms with Crippen LogP contribution in [-0.4, -0.2) is 25.8 Å². The standard InChI is InChI=1S/C12H22N2O/c1-11-4-6-12(10-13,7-5-11)14-8-3-9-15-2/h11,14H,3-9H2,1-2H3. The van der Waals surface area contributed by atoms with E-state index in [9.17, 15) is 5.26 Å². The number of ether oxygens (including phenoxy) is 1. The molecule has 0 aliphatic heterocycles. The van der Waals surface area contributed by atoms with Crippen LogP contribution < -0.4 is 5.32 Å². The molecule has 1 fully saturated rings. The summed E-state index contributed by atoms with van der Waals surface area (Å²) in [5.74, 6) is 0.784. The predicted octanol–water partition coefficient (Wildman–Crippen LogP) is 2.08. The van der Waals surface area contributed by atoms with Crippen LogP contribution in [0, 0.1) is 17.2 Å². The van der Waals surface area contributed by atoms with Gasteiger partial charge in [-0.15, -0.1) is 0 Å². The summed E-state index contributed by atoms with van der Waals surface area (Å²) in [7, 11) is 1.71. The summed E-state index contributed by atoms with van der Waals surface area (Å²) in [5.41, 5.74) is -0.250. The highest BCUT2D eigenvalue weighted by atomic mass is 16.5. The third-order valence-electron chi connectivity index (χ3n) is 3.33. The number of nitriles is 1. The number of nitrogens with one attached hydrogen (secondary N) is 1. The highest BCUT2D eigenvalue weighted by Gasteiger charge is 2.33. The van der Waals surface area contributed by atoms with Gasteiger partial charge in [-0.1, -0.05) is 6.92 Å². The van der Waals surface area contributed by atoms with Crippen molar-refractivity contribution < 1.29 is 4.74 Å². The fraction of sp³-hybridized carbons (Fsp3) is 0.917. The molecule has 0 amide bonds. The normalized spacial score (nSPS) is 31.1. The van der Waals surface area contributed by atoms with Gasteiger partial charge in [0.2, 0.25) is 0 Å². The van der Waals surface area contributed by atoms with Crippen molar-refractivity contribution in [2.75, 3.05) is 20.3 Å². The Kier molecular flexibility index (Phi) is 5.07. The minimum atomic E-state index is -0.250. The molecular weight excluding hydrogens is 188 g/mol. The van der Waals surface area contributed by atoms with E-state index >= 15 is 0 Å². The van der Waals surface area contributed by atoms with E-state index in [0.717, 1.165) is 38.3 Å². The lowest BCUT2D eigenvalue weighted by Crippen LogP contribution is -2.47. The number of nitrogens with zero attached hydrogens (tertiary/aromatic N) is 1. The van der Waals surface area contributed by atoms with E-state index in [2.05, 4.69) is 18.3 Å². The van der Waals surface area contributed by atoms with E-state index in [1.165, 1.54) is 12.8 Å². The molecule has 86 valence electrons. The molecule has 1 aliphatic carbocycles. The number of methoxy groups -OCH3 is 1. The van der Waals surface area contributed by atoms with Gasteiger partial charge in [0.25, 0.3) is 0 Å². The fourth-order valence-electron chi connectivity index (χ4n) is 2.13. The summed E-state index contributed by atoms with van der Waals surface area (Å²) in [6, 6.07) is 2.46. The van der Waals surface area contributed by atoms with E-state index in [4.69, 9.17) is 4.74 Å². The average Bonchev–Trinajstić information content (AvgIpc) is 2.28. The topological polar surface area (TPSA) is 45.0 Å². The Morgan fingerprint density at radius 3 is 2.67 bits per heavy atom. The second-order valence-corrected chi connectivity index (χ2v) is 4.65. The third kappa shape index (κ3) is 3.81. The molecule has 0 bridgehead atoms. The van der Waals surface area contributed by atoms with Crippen LogP contribution in [0.15, 0.2) is 0 Å². The molecule has 0 heterocycles. The molecule has 1 N–H and O–H groups in total. The zero-order chi connectivity index (χ0) is 11.1. The van der Waals surface area contributed by atoms with Crippen molar-refractivity contribution in [3.05, 3.63) is 0 Å². The van der Waals surface area contributed by atoms with E-state index in [0.29, 0.717) is 0 Å². The van der Waals surface area contributed by atoms with E-state index in [1.54, 1.807) is 7.11 Å². The Bertz CT molecular complexity index is 214. The van der Waals surface area contributed by atoms with Crippen LogP contribution >= 0.6 is 0 Å². The van der Waals surface area contributed by atoms with Crippen LogP contribution in [-0.2, 0) is 4.74 Å². The van der Waals surface area contributed by atoms with Crippen LogP contribution in [0.1, 0.15) is 39.0 Å². The summed E-state index contributed by atoms with van der Waals surface area (Å²) in [4.78, 5) is 0. The van der Waals surface area contributed by atoms with Gasteiger partial charge in [0.05, 0.1) is 6.07 Å². The average molecular weight is 210 g/mol. The summed E-state index contributed by atoms with van der Waals surface area (Å²) in [6.07, 6.45) is 5.32. The van der Waals surface area contributed by atoms with Crippen molar-refractivity contribution in [2.45, 2.75) is 44.6 Å². The van der Waals surface area contributed by atoms with Crippen molar-refractivity contribution in [3.8, 4) is 6.07 Å². The molecule has 0 aromatic heterocycles. The van der Waals surface area contributed by atoms with Crippen LogP contribution in [0.25, 0.3) is 0 Å². The maximum absolute atomic E-state index is 9.24. The second kappa shape index (κ2) is 6.09. The van der Waals surface area contributed by atoms with Crippen molar-refractivity contribution in [2.24, 2.45) is 5.92 Å². The van der Waals surface area contributed by atoms with Gasteiger partial charge in [-0.3, -0.25) is 5.32 Å². The first-order valence-electron chi connectivity index (χ1n) is 5.88. The zero-order valence-corrected chi connectivity index (χ0v) is 9.88. The Labute approximate surface area is 92.8 Å². The van der Waals surface area contributed by atoms with Crippen molar-refractivity contribution >= 4 is 0 Å². The molecule has 3 heteroatoms. The largest absolute Gasteiger partial charge is 0.385 e. The van der Waals surface area contributed by atoms with Crippen molar-refractivity contribution in [3.63, 3.8) is 0 Å². The van der Waals surface area contributed by atoms with Crippen LogP contribution in [0.5, 0.6) is 0 Å². The van der Waals surface area contributed by atoms with Crippen LogP contribution in [0.2, 0.25) is 0 Å². The Balaban J connectivity index is 2.31. The molecule has 0 radical (unpaired) electrons. The lowest BCUT2D eigenvalue weighted by molar-refractivity contribution is 0.185. The van der Waals surface area contributed by atoms with Gasteiger partial charge in [-0.2, -0.15) is 5.26 Å². The Hall–Kier alpha value is -0.590. The number of hydrogen-bond donors (Lipinski definition) is 1. The molecule has 0 spiro atoms. The van der Waals surface area contributed by atoms with Gasteiger partial charge in [0.1, 0.15) is 5.54 Å². The summed E-state index contributed by atoms with van der Waals surface area (Å²) >= 11 is 0. The molecule has 1 saturated carbocycles. The lowest BCUT2D eigenvalue weighted by Gasteiger charge is -2.34. The van der Waals surface area contributed by atoms with Crippen LogP contribution in [0.4, 0.5) is 0 Å². The minimum absolute atomic E-state index is 0.250. The van der Waals surface area contributed by atoms with Crippen molar-refractivity contribution in [1.82, 2.24) is 5.32 Å². The molecule has 0 atom stereocenters. The van der Waals surface area contributed by atoms with Gasteiger partial charge in [0, 0.05) is 13.7 Å². The second-order valence-electron chi connectivity index (χ2n) is 4.65. The van der Waals surface area contributed by atoms with Gasteiger partial charge in [-0.05, 0) is 44.6 Å². The van der Waals surface area contributed by atoms with Gasteiger partial charge < -0.3 is 4.74 Å².